The third kappa shape index (κ3) is 4.88. The number of Topliss-reactive ketones (excluding diaryl/α,β-unsaturated/α-hetero) is 1. The van der Waals surface area contributed by atoms with Gasteiger partial charge in [0.1, 0.15) is 5.78 Å². The SMILES string of the molecule is CCCCCC(NS(=O)(=O)c1ccccc1[N+](=O)[O-])C(C)=O. The number of nitro benzene ring substituents is 1. The summed E-state index contributed by atoms with van der Waals surface area (Å²) in [4.78, 5) is 21.4. The lowest BCUT2D eigenvalue weighted by Gasteiger charge is -2.16. The van der Waals surface area contributed by atoms with Gasteiger partial charge in [0.25, 0.3) is 5.69 Å². The summed E-state index contributed by atoms with van der Waals surface area (Å²) < 4.78 is 27.0. The molecule has 0 bridgehead atoms. The largest absolute Gasteiger partial charge is 0.298 e. The fraction of sp³-hybridized carbons (Fsp3) is 0.500. The van der Waals surface area contributed by atoms with Gasteiger partial charge in [-0.1, -0.05) is 38.3 Å². The van der Waals surface area contributed by atoms with Crippen LogP contribution in [0.2, 0.25) is 0 Å². The zero-order chi connectivity index (χ0) is 16.8. The van der Waals surface area contributed by atoms with Gasteiger partial charge < -0.3 is 0 Å². The first-order valence-electron chi connectivity index (χ1n) is 7.05. The molecular weight excluding hydrogens is 308 g/mol. The quantitative estimate of drug-likeness (QED) is 0.425. The Kier molecular flexibility index (Phi) is 6.63. The molecule has 0 saturated heterocycles. The number of nitrogens with zero attached hydrogens (tertiary/aromatic N) is 1. The summed E-state index contributed by atoms with van der Waals surface area (Å²) in [6.07, 6.45) is 2.92. The number of para-hydroxylation sites is 1. The van der Waals surface area contributed by atoms with Crippen LogP contribution in [-0.2, 0) is 14.8 Å². The Bertz CT molecular complexity index is 642. The van der Waals surface area contributed by atoms with Gasteiger partial charge in [-0.2, -0.15) is 0 Å². The molecule has 0 fully saturated rings. The summed E-state index contributed by atoms with van der Waals surface area (Å²) in [6.45, 7) is 3.30. The fourth-order valence-corrected chi connectivity index (χ4v) is 3.49. The molecule has 22 heavy (non-hydrogen) atoms. The zero-order valence-electron chi connectivity index (χ0n) is 12.6. The van der Waals surface area contributed by atoms with Crippen molar-refractivity contribution in [1.82, 2.24) is 4.72 Å². The second-order valence-electron chi connectivity index (χ2n) is 5.01. The van der Waals surface area contributed by atoms with Crippen molar-refractivity contribution < 1.29 is 18.1 Å². The lowest BCUT2D eigenvalue weighted by Crippen LogP contribution is -2.39. The maximum absolute atomic E-state index is 12.3. The number of benzene rings is 1. The molecule has 1 unspecified atom stereocenters. The molecule has 0 aliphatic carbocycles. The lowest BCUT2D eigenvalue weighted by atomic mass is 10.1. The summed E-state index contributed by atoms with van der Waals surface area (Å²) in [7, 11) is -4.13. The average molecular weight is 328 g/mol. The third-order valence-corrected chi connectivity index (χ3v) is 4.76. The molecule has 0 amide bonds. The molecule has 0 radical (unpaired) electrons. The van der Waals surface area contributed by atoms with E-state index in [1.54, 1.807) is 0 Å². The minimum atomic E-state index is -4.13. The van der Waals surface area contributed by atoms with E-state index in [1.807, 2.05) is 6.92 Å². The first-order valence-corrected chi connectivity index (χ1v) is 8.54. The standard InChI is InChI=1S/C14H20N2O5S/c1-3-4-5-8-12(11(2)17)15-22(20,21)14-10-7-6-9-13(14)16(18)19/h6-7,9-10,12,15H,3-5,8H2,1-2H3. The second kappa shape index (κ2) is 8.00. The van der Waals surface area contributed by atoms with Gasteiger partial charge >= 0.3 is 0 Å². The van der Waals surface area contributed by atoms with Crippen LogP contribution in [0, 0.1) is 10.1 Å². The van der Waals surface area contributed by atoms with E-state index in [9.17, 15) is 23.3 Å². The molecule has 1 aromatic carbocycles. The monoisotopic (exact) mass is 328 g/mol. The van der Waals surface area contributed by atoms with Gasteiger partial charge in [-0.3, -0.25) is 14.9 Å². The number of nitrogens with one attached hydrogen (secondary N) is 1. The van der Waals surface area contributed by atoms with Crippen molar-refractivity contribution in [3.8, 4) is 0 Å². The van der Waals surface area contributed by atoms with Gasteiger partial charge in [-0.25, -0.2) is 13.1 Å². The maximum Gasteiger partial charge on any atom is 0.289 e. The Morgan fingerprint density at radius 3 is 2.50 bits per heavy atom. The van der Waals surface area contributed by atoms with Crippen molar-refractivity contribution in [3.63, 3.8) is 0 Å². The molecule has 0 aromatic heterocycles. The zero-order valence-corrected chi connectivity index (χ0v) is 13.4. The van der Waals surface area contributed by atoms with E-state index in [0.29, 0.717) is 12.8 Å². The van der Waals surface area contributed by atoms with Crippen LogP contribution in [0.4, 0.5) is 5.69 Å². The van der Waals surface area contributed by atoms with Crippen LogP contribution in [-0.4, -0.2) is 25.2 Å². The van der Waals surface area contributed by atoms with E-state index in [1.165, 1.54) is 19.1 Å². The van der Waals surface area contributed by atoms with Crippen LogP contribution in [0.15, 0.2) is 29.2 Å². The van der Waals surface area contributed by atoms with Gasteiger partial charge in [0.2, 0.25) is 10.0 Å². The first-order chi connectivity index (χ1) is 10.3. The molecule has 0 saturated carbocycles. The van der Waals surface area contributed by atoms with Gasteiger partial charge in [-0.05, 0) is 19.4 Å². The number of carbonyl (C=O) groups excluding carboxylic acids is 1. The van der Waals surface area contributed by atoms with E-state index in [2.05, 4.69) is 4.72 Å². The van der Waals surface area contributed by atoms with Crippen LogP contribution in [0.25, 0.3) is 0 Å². The number of carbonyl (C=O) groups is 1. The van der Waals surface area contributed by atoms with Crippen molar-refractivity contribution in [1.29, 1.82) is 0 Å². The summed E-state index contributed by atoms with van der Waals surface area (Å²) in [5.41, 5.74) is -0.508. The molecule has 122 valence electrons. The highest BCUT2D eigenvalue weighted by Crippen LogP contribution is 2.23. The minimum absolute atomic E-state index is 0.307. The van der Waals surface area contributed by atoms with Crippen molar-refractivity contribution in [2.75, 3.05) is 0 Å². The molecule has 1 aromatic rings. The van der Waals surface area contributed by atoms with Crippen molar-refractivity contribution in [3.05, 3.63) is 34.4 Å². The number of ketones is 1. The van der Waals surface area contributed by atoms with E-state index in [4.69, 9.17) is 0 Å². The smallest absolute Gasteiger partial charge is 0.289 e. The highest BCUT2D eigenvalue weighted by Gasteiger charge is 2.28. The van der Waals surface area contributed by atoms with E-state index >= 15 is 0 Å². The summed E-state index contributed by atoms with van der Waals surface area (Å²) in [6, 6.07) is 4.21. The molecule has 0 aliphatic heterocycles. The van der Waals surface area contributed by atoms with E-state index in [0.717, 1.165) is 25.0 Å². The second-order valence-corrected chi connectivity index (χ2v) is 6.69. The molecule has 1 atom stereocenters. The number of hydrogen-bond acceptors (Lipinski definition) is 5. The molecule has 0 aliphatic rings. The fourth-order valence-electron chi connectivity index (χ4n) is 2.03. The van der Waals surface area contributed by atoms with Gasteiger partial charge in [0, 0.05) is 6.07 Å². The molecule has 7 nitrogen and oxygen atoms in total. The number of nitro groups is 1. The molecule has 1 N–H and O–H groups in total. The van der Waals surface area contributed by atoms with Crippen LogP contribution < -0.4 is 4.72 Å². The van der Waals surface area contributed by atoms with Crippen LogP contribution in [0.1, 0.15) is 39.5 Å². The Morgan fingerprint density at radius 2 is 1.95 bits per heavy atom. The minimum Gasteiger partial charge on any atom is -0.298 e. The Balaban J connectivity index is 3.03. The number of rotatable bonds is 9. The molecular formula is C14H20N2O5S. The predicted octanol–water partition coefficient (Wildman–Crippen LogP) is 2.41. The van der Waals surface area contributed by atoms with Crippen molar-refractivity contribution >= 4 is 21.5 Å². The lowest BCUT2D eigenvalue weighted by molar-refractivity contribution is -0.387. The maximum atomic E-state index is 12.3. The summed E-state index contributed by atoms with van der Waals surface area (Å²) in [5, 5.41) is 10.9. The van der Waals surface area contributed by atoms with Crippen LogP contribution in [0.3, 0.4) is 0 Å². The number of sulfonamides is 1. The topological polar surface area (TPSA) is 106 Å². The summed E-state index contributed by atoms with van der Waals surface area (Å²) in [5.74, 6) is -0.307. The van der Waals surface area contributed by atoms with E-state index < -0.39 is 31.6 Å². The van der Waals surface area contributed by atoms with Gasteiger partial charge in [0.05, 0.1) is 11.0 Å². The Morgan fingerprint density at radius 1 is 1.32 bits per heavy atom. The Hall–Kier alpha value is -1.80. The van der Waals surface area contributed by atoms with Crippen LogP contribution in [0.5, 0.6) is 0 Å². The Labute approximate surface area is 129 Å². The number of unbranched alkanes of at least 4 members (excludes halogenated alkanes) is 2. The number of hydrogen-bond donors (Lipinski definition) is 1. The van der Waals surface area contributed by atoms with Crippen LogP contribution >= 0.6 is 0 Å². The average Bonchev–Trinajstić information content (AvgIpc) is 2.46. The van der Waals surface area contributed by atoms with Gasteiger partial charge in [-0.15, -0.1) is 0 Å². The van der Waals surface area contributed by atoms with Crippen molar-refractivity contribution in [2.24, 2.45) is 0 Å². The van der Waals surface area contributed by atoms with Crippen molar-refractivity contribution in [2.45, 2.75) is 50.5 Å². The van der Waals surface area contributed by atoms with E-state index in [-0.39, 0.29) is 5.78 Å². The first kappa shape index (κ1) is 18.2. The molecule has 1 rings (SSSR count). The third-order valence-electron chi connectivity index (χ3n) is 3.24. The molecule has 0 heterocycles. The predicted molar refractivity (Wildman–Crippen MR) is 82.0 cm³/mol. The summed E-state index contributed by atoms with van der Waals surface area (Å²) >= 11 is 0. The highest BCUT2D eigenvalue weighted by molar-refractivity contribution is 7.89. The van der Waals surface area contributed by atoms with Gasteiger partial charge in [0.15, 0.2) is 4.90 Å². The molecule has 8 heteroatoms. The normalized spacial score (nSPS) is 12.8. The molecule has 0 spiro atoms. The highest BCUT2D eigenvalue weighted by atomic mass is 32.2.